The molecule has 0 rings (SSSR count). The molecule has 0 amide bonds. The molecule has 0 aliphatic heterocycles. The predicted molar refractivity (Wildman–Crippen MR) is 75.3 cm³/mol. The summed E-state index contributed by atoms with van der Waals surface area (Å²) in [6, 6.07) is 0. The van der Waals surface area contributed by atoms with Crippen molar-refractivity contribution in [3.63, 3.8) is 0 Å². The van der Waals surface area contributed by atoms with E-state index in [1.165, 1.54) is 0 Å². The molecule has 0 aromatic rings. The molecule has 0 aromatic heterocycles. The van der Waals surface area contributed by atoms with Gasteiger partial charge in [0.05, 0.1) is 0 Å². The van der Waals surface area contributed by atoms with Gasteiger partial charge in [0, 0.05) is 13.0 Å². The lowest BCUT2D eigenvalue weighted by molar-refractivity contribution is -0.137. The van der Waals surface area contributed by atoms with Crippen LogP contribution in [0.4, 0.5) is 0 Å². The van der Waals surface area contributed by atoms with Crippen molar-refractivity contribution < 1.29 is 9.90 Å². The number of carboxylic acid groups (broad SMARTS) is 1. The first kappa shape index (κ1) is 16.7. The highest BCUT2D eigenvalue weighted by Gasteiger charge is 2.01. The molecule has 0 atom stereocenters. The molecular formula is C14H26N2O2. The average molecular weight is 254 g/mol. The van der Waals surface area contributed by atoms with Gasteiger partial charge in [-0.05, 0) is 51.6 Å². The molecule has 0 heterocycles. The molecule has 18 heavy (non-hydrogen) atoms. The highest BCUT2D eigenvalue weighted by Crippen LogP contribution is 2.05. The second-order valence-electron chi connectivity index (χ2n) is 4.50. The highest BCUT2D eigenvalue weighted by molar-refractivity contribution is 5.66. The van der Waals surface area contributed by atoms with Gasteiger partial charge in [0.15, 0.2) is 0 Å². The van der Waals surface area contributed by atoms with E-state index >= 15 is 0 Å². The maximum atomic E-state index is 10.3. The number of hydrogen-bond acceptors (Lipinski definition) is 3. The number of hydrogen-bond donors (Lipinski definition) is 2. The molecule has 0 unspecified atom stereocenters. The van der Waals surface area contributed by atoms with Crippen LogP contribution in [-0.2, 0) is 4.79 Å². The average Bonchev–Trinajstić information content (AvgIpc) is 2.33. The van der Waals surface area contributed by atoms with Crippen LogP contribution in [0.2, 0.25) is 0 Å². The summed E-state index contributed by atoms with van der Waals surface area (Å²) < 4.78 is 0. The van der Waals surface area contributed by atoms with Gasteiger partial charge in [-0.2, -0.15) is 0 Å². The highest BCUT2D eigenvalue weighted by atomic mass is 16.4. The van der Waals surface area contributed by atoms with Gasteiger partial charge >= 0.3 is 5.97 Å². The number of carbonyl (C=O) groups is 1. The molecule has 0 aliphatic rings. The molecular weight excluding hydrogens is 228 g/mol. The SMILES string of the molecule is C/C=C\C(=C/N)CCN(C)CCCCCC(=O)O. The maximum Gasteiger partial charge on any atom is 0.303 e. The summed E-state index contributed by atoms with van der Waals surface area (Å²) in [5.41, 5.74) is 6.67. The van der Waals surface area contributed by atoms with Gasteiger partial charge in [-0.1, -0.05) is 18.6 Å². The third-order valence-corrected chi connectivity index (χ3v) is 2.81. The molecule has 0 bridgehead atoms. The van der Waals surface area contributed by atoms with Crippen LogP contribution in [0.3, 0.4) is 0 Å². The zero-order valence-electron chi connectivity index (χ0n) is 11.6. The normalized spacial score (nSPS) is 12.5. The molecule has 0 aromatic carbocycles. The number of carboxylic acids is 1. The Morgan fingerprint density at radius 2 is 1.94 bits per heavy atom. The molecule has 3 N–H and O–H groups in total. The summed E-state index contributed by atoms with van der Waals surface area (Å²) in [5, 5.41) is 8.51. The smallest absolute Gasteiger partial charge is 0.303 e. The Hall–Kier alpha value is -1.29. The Labute approximate surface area is 110 Å². The summed E-state index contributed by atoms with van der Waals surface area (Å²) >= 11 is 0. The van der Waals surface area contributed by atoms with E-state index in [0.717, 1.165) is 44.3 Å². The Bertz CT molecular complexity index is 286. The van der Waals surface area contributed by atoms with Crippen molar-refractivity contribution in [2.75, 3.05) is 20.1 Å². The standard InChI is InChI=1S/C14H26N2O2/c1-3-7-13(12-15)9-11-16(2)10-6-4-5-8-14(17)18/h3,7,12H,4-6,8-11,15H2,1-2H3,(H,17,18)/b7-3-,13-12+. The minimum Gasteiger partial charge on any atom is -0.481 e. The Kier molecular flexibility index (Phi) is 10.1. The lowest BCUT2D eigenvalue weighted by atomic mass is 10.1. The van der Waals surface area contributed by atoms with Crippen LogP contribution in [0.1, 0.15) is 39.0 Å². The fourth-order valence-electron chi connectivity index (χ4n) is 1.70. The minimum absolute atomic E-state index is 0.283. The van der Waals surface area contributed by atoms with E-state index < -0.39 is 5.97 Å². The minimum atomic E-state index is -0.701. The van der Waals surface area contributed by atoms with Crippen molar-refractivity contribution >= 4 is 5.97 Å². The molecule has 0 saturated heterocycles. The molecule has 0 spiro atoms. The molecule has 0 fully saturated rings. The topological polar surface area (TPSA) is 66.6 Å². The van der Waals surface area contributed by atoms with Gasteiger partial charge in [0.2, 0.25) is 0 Å². The van der Waals surface area contributed by atoms with Gasteiger partial charge in [0.1, 0.15) is 0 Å². The Balaban J connectivity index is 3.59. The van der Waals surface area contributed by atoms with Crippen LogP contribution in [0.25, 0.3) is 0 Å². The lowest BCUT2D eigenvalue weighted by Crippen LogP contribution is -2.21. The van der Waals surface area contributed by atoms with Crippen molar-refractivity contribution in [3.05, 3.63) is 23.9 Å². The van der Waals surface area contributed by atoms with E-state index in [1.807, 2.05) is 19.1 Å². The Morgan fingerprint density at radius 3 is 2.50 bits per heavy atom. The largest absolute Gasteiger partial charge is 0.481 e. The zero-order valence-corrected chi connectivity index (χ0v) is 11.6. The number of rotatable bonds is 10. The quantitative estimate of drug-likeness (QED) is 0.464. The van der Waals surface area contributed by atoms with E-state index in [2.05, 4.69) is 11.9 Å². The van der Waals surface area contributed by atoms with Gasteiger partial charge in [-0.3, -0.25) is 4.79 Å². The molecule has 4 nitrogen and oxygen atoms in total. The zero-order chi connectivity index (χ0) is 13.8. The fraction of sp³-hybridized carbons (Fsp3) is 0.643. The van der Waals surface area contributed by atoms with Crippen molar-refractivity contribution in [1.29, 1.82) is 0 Å². The fourth-order valence-corrected chi connectivity index (χ4v) is 1.70. The van der Waals surface area contributed by atoms with Gasteiger partial charge < -0.3 is 15.7 Å². The van der Waals surface area contributed by atoms with Crippen LogP contribution in [0.15, 0.2) is 23.9 Å². The predicted octanol–water partition coefficient (Wildman–Crippen LogP) is 2.37. The second kappa shape index (κ2) is 10.8. The van der Waals surface area contributed by atoms with Gasteiger partial charge in [0.25, 0.3) is 0 Å². The first-order valence-electron chi connectivity index (χ1n) is 6.54. The maximum absolute atomic E-state index is 10.3. The van der Waals surface area contributed by atoms with Crippen molar-refractivity contribution in [2.24, 2.45) is 5.73 Å². The molecule has 0 saturated carbocycles. The first-order valence-corrected chi connectivity index (χ1v) is 6.54. The number of nitrogens with zero attached hydrogens (tertiary/aromatic N) is 1. The summed E-state index contributed by atoms with van der Waals surface area (Å²) in [7, 11) is 2.08. The van der Waals surface area contributed by atoms with Crippen molar-refractivity contribution in [2.45, 2.75) is 39.0 Å². The summed E-state index contributed by atoms with van der Waals surface area (Å²) in [6.45, 7) is 3.97. The van der Waals surface area contributed by atoms with E-state index in [9.17, 15) is 4.79 Å². The van der Waals surface area contributed by atoms with Gasteiger partial charge in [-0.15, -0.1) is 0 Å². The second-order valence-corrected chi connectivity index (χ2v) is 4.50. The number of nitrogens with two attached hydrogens (primary N) is 1. The van der Waals surface area contributed by atoms with Crippen molar-refractivity contribution in [1.82, 2.24) is 4.90 Å². The van der Waals surface area contributed by atoms with E-state index in [4.69, 9.17) is 10.8 Å². The van der Waals surface area contributed by atoms with E-state index in [1.54, 1.807) is 6.20 Å². The monoisotopic (exact) mass is 254 g/mol. The molecule has 0 aliphatic carbocycles. The van der Waals surface area contributed by atoms with E-state index in [0.29, 0.717) is 0 Å². The van der Waals surface area contributed by atoms with Crippen molar-refractivity contribution in [3.8, 4) is 0 Å². The number of allylic oxidation sites excluding steroid dienone is 2. The Morgan fingerprint density at radius 1 is 1.22 bits per heavy atom. The first-order chi connectivity index (χ1) is 8.60. The summed E-state index contributed by atoms with van der Waals surface area (Å²) in [4.78, 5) is 12.6. The molecule has 0 radical (unpaired) electrons. The van der Waals surface area contributed by atoms with Crippen LogP contribution in [0, 0.1) is 0 Å². The molecule has 104 valence electrons. The number of aliphatic carboxylic acids is 1. The summed E-state index contributed by atoms with van der Waals surface area (Å²) in [5.74, 6) is -0.701. The van der Waals surface area contributed by atoms with Crippen LogP contribution < -0.4 is 5.73 Å². The van der Waals surface area contributed by atoms with Crippen LogP contribution in [0.5, 0.6) is 0 Å². The third-order valence-electron chi connectivity index (χ3n) is 2.81. The van der Waals surface area contributed by atoms with Crippen LogP contribution in [-0.4, -0.2) is 36.1 Å². The molecule has 4 heteroatoms. The number of unbranched alkanes of at least 4 members (excludes halogenated alkanes) is 2. The van der Waals surface area contributed by atoms with Crippen LogP contribution >= 0.6 is 0 Å². The summed E-state index contributed by atoms with van der Waals surface area (Å²) in [6.07, 6.45) is 9.71. The third kappa shape index (κ3) is 9.90. The van der Waals surface area contributed by atoms with Gasteiger partial charge in [-0.25, -0.2) is 0 Å². The van der Waals surface area contributed by atoms with E-state index in [-0.39, 0.29) is 6.42 Å². The lowest BCUT2D eigenvalue weighted by Gasteiger charge is -2.16.